The number of allylic oxidation sites excluding steroid dienone is 1. The predicted octanol–water partition coefficient (Wildman–Crippen LogP) is 2.14. The minimum Gasteiger partial charge on any atom is -0.288 e. The fourth-order valence-corrected chi connectivity index (χ4v) is 1.05. The van der Waals surface area contributed by atoms with E-state index in [1.807, 2.05) is 6.26 Å². The van der Waals surface area contributed by atoms with Gasteiger partial charge in [-0.25, -0.2) is 0 Å². The SMILES string of the molecule is C=C(SC)C(=O)c1cccnc1. The molecular formula is C9H9NOS. The Kier molecular flexibility index (Phi) is 3.05. The number of nitrogens with zero attached hydrogens (tertiary/aromatic N) is 1. The standard InChI is InChI=1S/C9H9NOS/c1-7(12-2)9(11)8-4-3-5-10-6-8/h3-6H,1H2,2H3. The molecule has 2 nitrogen and oxygen atoms in total. The molecule has 1 aromatic heterocycles. The monoisotopic (exact) mass is 179 g/mol. The number of hydrogen-bond acceptors (Lipinski definition) is 3. The molecule has 0 aliphatic rings. The van der Waals surface area contributed by atoms with Gasteiger partial charge in [0.2, 0.25) is 0 Å². The molecule has 0 aliphatic heterocycles. The summed E-state index contributed by atoms with van der Waals surface area (Å²) in [6.45, 7) is 3.64. The molecule has 62 valence electrons. The molecule has 3 heteroatoms. The van der Waals surface area contributed by atoms with Crippen LogP contribution in [0.4, 0.5) is 0 Å². The molecule has 0 aliphatic carbocycles. The summed E-state index contributed by atoms with van der Waals surface area (Å²) in [6.07, 6.45) is 5.01. The van der Waals surface area contributed by atoms with Crippen molar-refractivity contribution in [3.05, 3.63) is 41.6 Å². The lowest BCUT2D eigenvalue weighted by Gasteiger charge is -1.99. The van der Waals surface area contributed by atoms with Gasteiger partial charge >= 0.3 is 0 Å². The van der Waals surface area contributed by atoms with Gasteiger partial charge in [-0.1, -0.05) is 6.58 Å². The van der Waals surface area contributed by atoms with E-state index < -0.39 is 0 Å². The second-order valence-corrected chi connectivity index (χ2v) is 3.10. The van der Waals surface area contributed by atoms with Gasteiger partial charge in [0.25, 0.3) is 0 Å². The van der Waals surface area contributed by atoms with E-state index >= 15 is 0 Å². The molecular weight excluding hydrogens is 170 g/mol. The Morgan fingerprint density at radius 3 is 2.92 bits per heavy atom. The van der Waals surface area contributed by atoms with E-state index in [-0.39, 0.29) is 5.78 Å². The van der Waals surface area contributed by atoms with Crippen molar-refractivity contribution in [2.75, 3.05) is 6.26 Å². The summed E-state index contributed by atoms with van der Waals surface area (Å²) < 4.78 is 0. The van der Waals surface area contributed by atoms with Crippen molar-refractivity contribution < 1.29 is 4.79 Å². The third-order valence-corrected chi connectivity index (χ3v) is 2.10. The van der Waals surface area contributed by atoms with Crippen LogP contribution in [0.2, 0.25) is 0 Å². The van der Waals surface area contributed by atoms with Gasteiger partial charge in [-0.3, -0.25) is 9.78 Å². The summed E-state index contributed by atoms with van der Waals surface area (Å²) in [5, 5.41) is 0. The van der Waals surface area contributed by atoms with Gasteiger partial charge in [-0.05, 0) is 18.4 Å². The van der Waals surface area contributed by atoms with Crippen molar-refractivity contribution in [1.29, 1.82) is 0 Å². The van der Waals surface area contributed by atoms with Gasteiger partial charge in [0, 0.05) is 22.9 Å². The Bertz CT molecular complexity index is 295. The van der Waals surface area contributed by atoms with Crippen LogP contribution >= 0.6 is 11.8 Å². The van der Waals surface area contributed by atoms with Gasteiger partial charge < -0.3 is 0 Å². The first-order valence-corrected chi connectivity index (χ1v) is 4.66. The second-order valence-electron chi connectivity index (χ2n) is 2.20. The number of pyridine rings is 1. The fourth-order valence-electron chi connectivity index (χ4n) is 0.751. The first-order chi connectivity index (χ1) is 5.75. The van der Waals surface area contributed by atoms with E-state index in [1.165, 1.54) is 11.8 Å². The maximum atomic E-state index is 11.4. The number of hydrogen-bond donors (Lipinski definition) is 0. The van der Waals surface area contributed by atoms with E-state index in [2.05, 4.69) is 11.6 Å². The third kappa shape index (κ3) is 1.95. The van der Waals surface area contributed by atoms with Crippen LogP contribution in [0.1, 0.15) is 10.4 Å². The molecule has 1 aromatic rings. The minimum atomic E-state index is -0.0457. The van der Waals surface area contributed by atoms with Crippen molar-refractivity contribution in [3.63, 3.8) is 0 Å². The molecule has 0 atom stereocenters. The van der Waals surface area contributed by atoms with E-state index in [0.717, 1.165) is 0 Å². The largest absolute Gasteiger partial charge is 0.288 e. The summed E-state index contributed by atoms with van der Waals surface area (Å²) >= 11 is 1.36. The van der Waals surface area contributed by atoms with Gasteiger partial charge in [0.15, 0.2) is 5.78 Å². The lowest BCUT2D eigenvalue weighted by Crippen LogP contribution is -1.99. The highest BCUT2D eigenvalue weighted by Gasteiger charge is 2.07. The van der Waals surface area contributed by atoms with E-state index in [4.69, 9.17) is 0 Å². The first-order valence-electron chi connectivity index (χ1n) is 3.43. The van der Waals surface area contributed by atoms with Crippen LogP contribution in [0.5, 0.6) is 0 Å². The summed E-state index contributed by atoms with van der Waals surface area (Å²) in [4.78, 5) is 15.8. The zero-order chi connectivity index (χ0) is 8.97. The lowest BCUT2D eigenvalue weighted by molar-refractivity contribution is 0.104. The van der Waals surface area contributed by atoms with Crippen LogP contribution in [0.25, 0.3) is 0 Å². The second kappa shape index (κ2) is 4.07. The number of Topliss-reactive ketones (excluding diaryl/α,β-unsaturated/α-hetero) is 1. The van der Waals surface area contributed by atoms with Crippen LogP contribution in [-0.2, 0) is 0 Å². The number of thioether (sulfide) groups is 1. The minimum absolute atomic E-state index is 0.0457. The highest BCUT2D eigenvalue weighted by atomic mass is 32.2. The van der Waals surface area contributed by atoms with Crippen molar-refractivity contribution in [2.24, 2.45) is 0 Å². The van der Waals surface area contributed by atoms with Crippen LogP contribution in [0, 0.1) is 0 Å². The maximum absolute atomic E-state index is 11.4. The van der Waals surface area contributed by atoms with Gasteiger partial charge in [0.1, 0.15) is 0 Å². The molecule has 0 N–H and O–H groups in total. The average Bonchev–Trinajstić information content (AvgIpc) is 2.17. The van der Waals surface area contributed by atoms with Crippen molar-refractivity contribution in [1.82, 2.24) is 4.98 Å². The normalized spacial score (nSPS) is 9.42. The zero-order valence-electron chi connectivity index (χ0n) is 6.78. The van der Waals surface area contributed by atoms with Gasteiger partial charge in [-0.15, -0.1) is 11.8 Å². The van der Waals surface area contributed by atoms with Gasteiger partial charge in [-0.2, -0.15) is 0 Å². The quantitative estimate of drug-likeness (QED) is 0.526. The molecule has 0 amide bonds. The Balaban J connectivity index is 2.86. The molecule has 0 aromatic carbocycles. The molecule has 0 unspecified atom stereocenters. The Morgan fingerprint density at radius 1 is 1.67 bits per heavy atom. The van der Waals surface area contributed by atoms with E-state index in [0.29, 0.717) is 10.5 Å². The summed E-state index contributed by atoms with van der Waals surface area (Å²) in [5.41, 5.74) is 0.594. The fraction of sp³-hybridized carbons (Fsp3) is 0.111. The summed E-state index contributed by atoms with van der Waals surface area (Å²) in [6, 6.07) is 3.47. The Hall–Kier alpha value is -1.09. The van der Waals surface area contributed by atoms with Crippen LogP contribution in [-0.4, -0.2) is 17.0 Å². The van der Waals surface area contributed by atoms with E-state index in [1.54, 1.807) is 24.5 Å². The predicted molar refractivity (Wildman–Crippen MR) is 51.2 cm³/mol. The molecule has 0 bridgehead atoms. The molecule has 12 heavy (non-hydrogen) atoms. The summed E-state index contributed by atoms with van der Waals surface area (Å²) in [7, 11) is 0. The number of carbonyl (C=O) groups is 1. The Morgan fingerprint density at radius 2 is 2.42 bits per heavy atom. The topological polar surface area (TPSA) is 30.0 Å². The molecule has 1 heterocycles. The van der Waals surface area contributed by atoms with Crippen molar-refractivity contribution in [3.8, 4) is 0 Å². The molecule has 0 spiro atoms. The highest BCUT2D eigenvalue weighted by Crippen LogP contribution is 2.14. The summed E-state index contributed by atoms with van der Waals surface area (Å²) in [5.74, 6) is -0.0457. The van der Waals surface area contributed by atoms with E-state index in [9.17, 15) is 4.79 Å². The number of aromatic nitrogens is 1. The number of ketones is 1. The smallest absolute Gasteiger partial charge is 0.200 e. The average molecular weight is 179 g/mol. The zero-order valence-corrected chi connectivity index (χ0v) is 7.60. The van der Waals surface area contributed by atoms with Crippen LogP contribution in [0.15, 0.2) is 36.0 Å². The van der Waals surface area contributed by atoms with Crippen LogP contribution < -0.4 is 0 Å². The van der Waals surface area contributed by atoms with Crippen LogP contribution in [0.3, 0.4) is 0 Å². The lowest BCUT2D eigenvalue weighted by atomic mass is 10.2. The number of rotatable bonds is 3. The number of carbonyl (C=O) groups excluding carboxylic acids is 1. The van der Waals surface area contributed by atoms with Gasteiger partial charge in [0.05, 0.1) is 0 Å². The Labute approximate surface area is 75.7 Å². The molecule has 0 fully saturated rings. The molecule has 1 rings (SSSR count). The first kappa shape index (κ1) is 9.00. The third-order valence-electron chi connectivity index (χ3n) is 1.42. The molecule has 0 saturated carbocycles. The van der Waals surface area contributed by atoms with Crippen molar-refractivity contribution >= 4 is 17.5 Å². The maximum Gasteiger partial charge on any atom is 0.200 e. The van der Waals surface area contributed by atoms with Crippen molar-refractivity contribution in [2.45, 2.75) is 0 Å². The highest BCUT2D eigenvalue weighted by molar-refractivity contribution is 8.03. The molecule has 0 radical (unpaired) electrons. The molecule has 0 saturated heterocycles.